The summed E-state index contributed by atoms with van der Waals surface area (Å²) in [5.74, 6) is 0.849. The molecular formula is C15H24N4O. The van der Waals surface area contributed by atoms with Crippen molar-refractivity contribution in [2.24, 2.45) is 0 Å². The Balaban J connectivity index is 1.60. The van der Waals surface area contributed by atoms with E-state index < -0.39 is 0 Å². The Labute approximate surface area is 120 Å². The van der Waals surface area contributed by atoms with Gasteiger partial charge in [0, 0.05) is 38.1 Å². The van der Waals surface area contributed by atoms with Gasteiger partial charge in [-0.15, -0.1) is 0 Å². The van der Waals surface area contributed by atoms with E-state index >= 15 is 0 Å². The third-order valence-corrected chi connectivity index (χ3v) is 4.50. The van der Waals surface area contributed by atoms with E-state index in [2.05, 4.69) is 27.1 Å². The monoisotopic (exact) mass is 276 g/mol. The van der Waals surface area contributed by atoms with Gasteiger partial charge in [0.25, 0.3) is 0 Å². The second kappa shape index (κ2) is 6.06. The molecular weight excluding hydrogens is 252 g/mol. The van der Waals surface area contributed by atoms with E-state index in [-0.39, 0.29) is 5.60 Å². The topological polar surface area (TPSA) is 50.3 Å². The average molecular weight is 276 g/mol. The third-order valence-electron chi connectivity index (χ3n) is 4.50. The molecule has 0 saturated carbocycles. The van der Waals surface area contributed by atoms with Crippen LogP contribution in [0.25, 0.3) is 0 Å². The van der Waals surface area contributed by atoms with Gasteiger partial charge in [0.15, 0.2) is 0 Å². The molecule has 2 fully saturated rings. The Bertz CT molecular complexity index is 415. The van der Waals surface area contributed by atoms with E-state index in [0.29, 0.717) is 6.04 Å². The van der Waals surface area contributed by atoms with Crippen molar-refractivity contribution < 1.29 is 4.74 Å². The molecule has 0 unspecified atom stereocenters. The molecule has 0 aromatic carbocycles. The second-order valence-corrected chi connectivity index (χ2v) is 5.81. The van der Waals surface area contributed by atoms with E-state index in [0.717, 1.165) is 57.9 Å². The zero-order valence-corrected chi connectivity index (χ0v) is 12.2. The Morgan fingerprint density at radius 1 is 1.35 bits per heavy atom. The lowest BCUT2D eigenvalue weighted by atomic mass is 9.82. The lowest BCUT2D eigenvalue weighted by molar-refractivity contribution is -0.102. The average Bonchev–Trinajstić information content (AvgIpc) is 2.49. The minimum Gasteiger partial charge on any atom is -0.375 e. The Morgan fingerprint density at radius 2 is 2.10 bits per heavy atom. The van der Waals surface area contributed by atoms with Crippen LogP contribution in [-0.2, 0) is 4.74 Å². The standard InChI is InChI=1S/C15H24N4O/c1-2-16-13-4-11-20-15(12-13)5-9-19(10-6-15)14-17-7-3-8-18-14/h3,7-8,13,16H,2,4-6,9-12H2,1H3/t13-/m1/s1. The van der Waals surface area contributed by atoms with Crippen molar-refractivity contribution in [1.29, 1.82) is 0 Å². The molecule has 0 aliphatic carbocycles. The van der Waals surface area contributed by atoms with E-state index in [1.54, 1.807) is 0 Å². The number of nitrogens with zero attached hydrogens (tertiary/aromatic N) is 3. The van der Waals surface area contributed by atoms with E-state index in [9.17, 15) is 0 Å². The Morgan fingerprint density at radius 3 is 2.80 bits per heavy atom. The van der Waals surface area contributed by atoms with Crippen LogP contribution >= 0.6 is 0 Å². The molecule has 2 aliphatic rings. The largest absolute Gasteiger partial charge is 0.375 e. The molecule has 0 amide bonds. The summed E-state index contributed by atoms with van der Waals surface area (Å²) in [5.41, 5.74) is 0.0797. The predicted octanol–water partition coefficient (Wildman–Crippen LogP) is 1.60. The maximum absolute atomic E-state index is 6.16. The highest BCUT2D eigenvalue weighted by Gasteiger charge is 2.40. The van der Waals surface area contributed by atoms with Gasteiger partial charge >= 0.3 is 0 Å². The van der Waals surface area contributed by atoms with Crippen LogP contribution in [0.1, 0.15) is 32.6 Å². The van der Waals surface area contributed by atoms with Gasteiger partial charge in [-0.1, -0.05) is 6.92 Å². The van der Waals surface area contributed by atoms with Crippen molar-refractivity contribution in [1.82, 2.24) is 15.3 Å². The highest BCUT2D eigenvalue weighted by molar-refractivity contribution is 5.29. The number of anilines is 1. The van der Waals surface area contributed by atoms with Crippen molar-refractivity contribution in [2.45, 2.75) is 44.2 Å². The summed E-state index contributed by atoms with van der Waals surface area (Å²) in [6, 6.07) is 2.48. The van der Waals surface area contributed by atoms with Crippen LogP contribution in [0.4, 0.5) is 5.95 Å². The first-order valence-corrected chi connectivity index (χ1v) is 7.71. The lowest BCUT2D eigenvalue weighted by Gasteiger charge is -2.46. The summed E-state index contributed by atoms with van der Waals surface area (Å²) < 4.78 is 6.16. The van der Waals surface area contributed by atoms with Crippen molar-refractivity contribution in [3.63, 3.8) is 0 Å². The molecule has 20 heavy (non-hydrogen) atoms. The minimum atomic E-state index is 0.0797. The number of ether oxygens (including phenoxy) is 1. The van der Waals surface area contributed by atoms with Gasteiger partial charge in [0.2, 0.25) is 5.95 Å². The van der Waals surface area contributed by atoms with Crippen LogP contribution in [0.3, 0.4) is 0 Å². The number of hydrogen-bond acceptors (Lipinski definition) is 5. The van der Waals surface area contributed by atoms with Crippen LogP contribution in [0.15, 0.2) is 18.5 Å². The van der Waals surface area contributed by atoms with Gasteiger partial charge in [-0.3, -0.25) is 0 Å². The first-order chi connectivity index (χ1) is 9.81. The number of hydrogen-bond donors (Lipinski definition) is 1. The minimum absolute atomic E-state index is 0.0797. The maximum atomic E-state index is 6.16. The van der Waals surface area contributed by atoms with E-state index in [4.69, 9.17) is 4.74 Å². The first-order valence-electron chi connectivity index (χ1n) is 7.71. The molecule has 0 radical (unpaired) electrons. The quantitative estimate of drug-likeness (QED) is 0.909. The van der Waals surface area contributed by atoms with E-state index in [1.165, 1.54) is 0 Å². The van der Waals surface area contributed by atoms with Gasteiger partial charge < -0.3 is 15.0 Å². The van der Waals surface area contributed by atoms with Crippen LogP contribution in [0.5, 0.6) is 0 Å². The molecule has 2 saturated heterocycles. The van der Waals surface area contributed by atoms with Crippen LogP contribution in [-0.4, -0.2) is 47.9 Å². The highest BCUT2D eigenvalue weighted by atomic mass is 16.5. The fourth-order valence-electron chi connectivity index (χ4n) is 3.41. The predicted molar refractivity (Wildman–Crippen MR) is 78.9 cm³/mol. The summed E-state index contributed by atoms with van der Waals surface area (Å²) in [4.78, 5) is 11.0. The molecule has 3 heterocycles. The Hall–Kier alpha value is -1.20. The molecule has 1 aromatic heterocycles. The van der Waals surface area contributed by atoms with Gasteiger partial charge in [-0.25, -0.2) is 9.97 Å². The zero-order chi connectivity index (χ0) is 13.8. The normalized spacial score (nSPS) is 25.9. The molecule has 3 rings (SSSR count). The zero-order valence-electron chi connectivity index (χ0n) is 12.2. The maximum Gasteiger partial charge on any atom is 0.225 e. The van der Waals surface area contributed by atoms with Crippen molar-refractivity contribution in [2.75, 3.05) is 31.1 Å². The van der Waals surface area contributed by atoms with Crippen molar-refractivity contribution >= 4 is 5.95 Å². The van der Waals surface area contributed by atoms with Gasteiger partial charge in [-0.05, 0) is 38.3 Å². The second-order valence-electron chi connectivity index (χ2n) is 5.81. The molecule has 1 N–H and O–H groups in total. The Kier molecular flexibility index (Phi) is 4.17. The van der Waals surface area contributed by atoms with Gasteiger partial charge in [0.05, 0.1) is 5.60 Å². The summed E-state index contributed by atoms with van der Waals surface area (Å²) in [5, 5.41) is 3.58. The SMILES string of the molecule is CCN[C@@H]1CCOC2(CCN(c3ncccn3)CC2)C1. The first kappa shape index (κ1) is 13.8. The fraction of sp³-hybridized carbons (Fsp3) is 0.733. The summed E-state index contributed by atoms with van der Waals surface area (Å²) in [6.07, 6.45) is 8.06. The smallest absolute Gasteiger partial charge is 0.225 e. The number of nitrogens with one attached hydrogen (secondary N) is 1. The molecule has 5 nitrogen and oxygen atoms in total. The summed E-state index contributed by atoms with van der Waals surface area (Å²) in [7, 11) is 0. The molecule has 2 aliphatic heterocycles. The molecule has 110 valence electrons. The van der Waals surface area contributed by atoms with Crippen LogP contribution in [0.2, 0.25) is 0 Å². The van der Waals surface area contributed by atoms with Gasteiger partial charge in [0.1, 0.15) is 0 Å². The highest BCUT2D eigenvalue weighted by Crippen LogP contribution is 2.35. The number of aromatic nitrogens is 2. The summed E-state index contributed by atoms with van der Waals surface area (Å²) >= 11 is 0. The fourth-order valence-corrected chi connectivity index (χ4v) is 3.41. The van der Waals surface area contributed by atoms with Crippen molar-refractivity contribution in [3.05, 3.63) is 18.5 Å². The van der Waals surface area contributed by atoms with Crippen molar-refractivity contribution in [3.8, 4) is 0 Å². The third kappa shape index (κ3) is 2.94. The molecule has 1 aromatic rings. The molecule has 5 heteroatoms. The molecule has 0 bridgehead atoms. The van der Waals surface area contributed by atoms with Gasteiger partial charge in [-0.2, -0.15) is 0 Å². The molecule has 1 atom stereocenters. The number of piperidine rings is 1. The van der Waals surface area contributed by atoms with Crippen LogP contribution < -0.4 is 10.2 Å². The van der Waals surface area contributed by atoms with Crippen LogP contribution in [0, 0.1) is 0 Å². The van der Waals surface area contributed by atoms with E-state index in [1.807, 2.05) is 18.5 Å². The lowest BCUT2D eigenvalue weighted by Crippen LogP contribution is -2.53. The summed E-state index contributed by atoms with van der Waals surface area (Å²) in [6.45, 7) is 6.09. The number of rotatable bonds is 3. The molecule has 1 spiro atoms.